The van der Waals surface area contributed by atoms with E-state index in [1.54, 1.807) is 14.0 Å². The number of methoxy groups -OCH3 is 1. The van der Waals surface area contributed by atoms with Gasteiger partial charge in [-0.15, -0.1) is 11.3 Å². The highest BCUT2D eigenvalue weighted by atomic mass is 32.1. The molecule has 0 unspecified atom stereocenters. The van der Waals surface area contributed by atoms with Crippen LogP contribution in [-0.2, 0) is 24.9 Å². The Hall–Kier alpha value is -1.44. The minimum absolute atomic E-state index is 0.132. The van der Waals surface area contributed by atoms with E-state index in [-0.39, 0.29) is 17.9 Å². The van der Waals surface area contributed by atoms with Gasteiger partial charge in [-0.3, -0.25) is 13.9 Å². The molecule has 0 spiro atoms. The van der Waals surface area contributed by atoms with Crippen molar-refractivity contribution in [3.63, 3.8) is 0 Å². The molecule has 0 fully saturated rings. The molecule has 0 saturated heterocycles. The van der Waals surface area contributed by atoms with E-state index in [0.29, 0.717) is 28.2 Å². The molecule has 2 aromatic heterocycles. The van der Waals surface area contributed by atoms with Crippen molar-refractivity contribution in [2.75, 3.05) is 13.7 Å². The predicted octanol–water partition coefficient (Wildman–Crippen LogP) is 0.209. The minimum atomic E-state index is -0.361. The van der Waals surface area contributed by atoms with E-state index in [1.807, 2.05) is 0 Å². The average molecular weight is 284 g/mol. The molecule has 0 aliphatic heterocycles. The number of aliphatic hydroxyl groups excluding tert-OH is 1. The number of fused-ring (bicyclic) bond motifs is 1. The second-order valence-corrected chi connectivity index (χ2v) is 5.36. The third-order valence-corrected chi connectivity index (χ3v) is 4.47. The summed E-state index contributed by atoms with van der Waals surface area (Å²) in [6.45, 7) is 2.42. The summed E-state index contributed by atoms with van der Waals surface area (Å²) < 4.78 is 7.61. The Balaban J connectivity index is 2.87. The van der Waals surface area contributed by atoms with Crippen molar-refractivity contribution in [3.05, 3.63) is 31.3 Å². The van der Waals surface area contributed by atoms with E-state index in [9.17, 15) is 14.7 Å². The zero-order valence-corrected chi connectivity index (χ0v) is 11.9. The lowest BCUT2D eigenvalue weighted by atomic mass is 10.2. The first-order valence-electron chi connectivity index (χ1n) is 5.84. The standard InChI is InChI=1S/C12H16N2O4S/c1-7-8(6-15)19-11-9(7)10(16)13(2)12(17)14(11)4-5-18-3/h15H,4-6H2,1-3H3. The van der Waals surface area contributed by atoms with Crippen molar-refractivity contribution < 1.29 is 9.84 Å². The highest BCUT2D eigenvalue weighted by Crippen LogP contribution is 2.27. The van der Waals surface area contributed by atoms with Crippen molar-refractivity contribution in [2.45, 2.75) is 20.1 Å². The second kappa shape index (κ2) is 5.28. The maximum absolute atomic E-state index is 12.2. The van der Waals surface area contributed by atoms with Gasteiger partial charge in [-0.05, 0) is 12.5 Å². The van der Waals surface area contributed by atoms with Gasteiger partial charge in [0.15, 0.2) is 0 Å². The summed E-state index contributed by atoms with van der Waals surface area (Å²) in [6, 6.07) is 0. The van der Waals surface area contributed by atoms with Crippen LogP contribution in [0.25, 0.3) is 10.2 Å². The molecule has 0 amide bonds. The zero-order chi connectivity index (χ0) is 14.2. The number of ether oxygens (including phenoxy) is 1. The molecule has 104 valence electrons. The van der Waals surface area contributed by atoms with Crippen LogP contribution in [0.4, 0.5) is 0 Å². The third kappa shape index (κ3) is 2.13. The molecule has 0 bridgehead atoms. The fourth-order valence-electron chi connectivity index (χ4n) is 2.04. The van der Waals surface area contributed by atoms with E-state index in [2.05, 4.69) is 0 Å². The molecule has 0 aromatic carbocycles. The van der Waals surface area contributed by atoms with Crippen LogP contribution in [-0.4, -0.2) is 28.0 Å². The van der Waals surface area contributed by atoms with Gasteiger partial charge in [0.2, 0.25) is 0 Å². The fraction of sp³-hybridized carbons (Fsp3) is 0.500. The lowest BCUT2D eigenvalue weighted by Gasteiger charge is -2.08. The molecule has 2 aromatic rings. The van der Waals surface area contributed by atoms with Crippen LogP contribution in [0.1, 0.15) is 10.4 Å². The van der Waals surface area contributed by atoms with E-state index >= 15 is 0 Å². The Kier molecular flexibility index (Phi) is 3.88. The molecule has 0 atom stereocenters. The van der Waals surface area contributed by atoms with Gasteiger partial charge in [0.25, 0.3) is 5.56 Å². The lowest BCUT2D eigenvalue weighted by Crippen LogP contribution is -2.38. The minimum Gasteiger partial charge on any atom is -0.391 e. The summed E-state index contributed by atoms with van der Waals surface area (Å²) in [7, 11) is 3.02. The van der Waals surface area contributed by atoms with E-state index < -0.39 is 0 Å². The van der Waals surface area contributed by atoms with Gasteiger partial charge in [-0.2, -0.15) is 0 Å². The molecule has 6 nitrogen and oxygen atoms in total. The van der Waals surface area contributed by atoms with Gasteiger partial charge in [-0.25, -0.2) is 4.79 Å². The SMILES string of the molecule is COCCn1c(=O)n(C)c(=O)c2c(C)c(CO)sc21. The first-order valence-corrected chi connectivity index (χ1v) is 6.66. The lowest BCUT2D eigenvalue weighted by molar-refractivity contribution is 0.186. The van der Waals surface area contributed by atoms with Crippen molar-refractivity contribution in [2.24, 2.45) is 7.05 Å². The predicted molar refractivity (Wildman–Crippen MR) is 73.9 cm³/mol. The number of hydrogen-bond acceptors (Lipinski definition) is 5. The summed E-state index contributed by atoms with van der Waals surface area (Å²) >= 11 is 1.28. The largest absolute Gasteiger partial charge is 0.391 e. The molecule has 2 heterocycles. The van der Waals surface area contributed by atoms with Gasteiger partial charge >= 0.3 is 5.69 Å². The molecule has 7 heteroatoms. The summed E-state index contributed by atoms with van der Waals surface area (Å²) in [5.41, 5.74) is 0.0664. The summed E-state index contributed by atoms with van der Waals surface area (Å²) in [5.74, 6) is 0. The second-order valence-electron chi connectivity index (χ2n) is 4.28. The van der Waals surface area contributed by atoms with Crippen LogP contribution < -0.4 is 11.2 Å². The number of aliphatic hydroxyl groups is 1. The van der Waals surface area contributed by atoms with Crippen LogP contribution >= 0.6 is 11.3 Å². The maximum atomic E-state index is 12.2. The molecule has 0 aliphatic carbocycles. The molecule has 0 saturated carbocycles. The normalized spacial score (nSPS) is 11.4. The fourth-order valence-corrected chi connectivity index (χ4v) is 3.21. The van der Waals surface area contributed by atoms with Crippen LogP contribution in [0.3, 0.4) is 0 Å². The van der Waals surface area contributed by atoms with Crippen molar-refractivity contribution in [3.8, 4) is 0 Å². The number of aryl methyl sites for hydroxylation is 1. The smallest absolute Gasteiger partial charge is 0.331 e. The number of rotatable bonds is 4. The highest BCUT2D eigenvalue weighted by Gasteiger charge is 2.17. The molecule has 2 rings (SSSR count). The third-order valence-electron chi connectivity index (χ3n) is 3.17. The molecular weight excluding hydrogens is 268 g/mol. The number of thiophene rings is 1. The van der Waals surface area contributed by atoms with Crippen molar-refractivity contribution in [1.29, 1.82) is 0 Å². The van der Waals surface area contributed by atoms with Crippen LogP contribution in [0.15, 0.2) is 9.59 Å². The van der Waals surface area contributed by atoms with E-state index in [0.717, 1.165) is 10.1 Å². The van der Waals surface area contributed by atoms with Gasteiger partial charge < -0.3 is 9.84 Å². The number of aromatic nitrogens is 2. The first-order chi connectivity index (χ1) is 9.02. The topological polar surface area (TPSA) is 73.5 Å². The quantitative estimate of drug-likeness (QED) is 0.871. The molecule has 19 heavy (non-hydrogen) atoms. The molecule has 0 radical (unpaired) electrons. The van der Waals surface area contributed by atoms with Gasteiger partial charge in [-0.1, -0.05) is 0 Å². The number of nitrogens with zero attached hydrogens (tertiary/aromatic N) is 2. The Morgan fingerprint density at radius 1 is 1.37 bits per heavy atom. The summed E-state index contributed by atoms with van der Waals surface area (Å²) in [6.07, 6.45) is 0. The Bertz CT molecular complexity index is 726. The zero-order valence-electron chi connectivity index (χ0n) is 11.1. The van der Waals surface area contributed by atoms with E-state index in [1.165, 1.54) is 23.0 Å². The van der Waals surface area contributed by atoms with Gasteiger partial charge in [0.1, 0.15) is 4.83 Å². The molecular formula is C12H16N2O4S. The average Bonchev–Trinajstić information content (AvgIpc) is 2.73. The molecule has 0 aliphatic rings. The molecule has 1 N–H and O–H groups in total. The monoisotopic (exact) mass is 284 g/mol. The van der Waals surface area contributed by atoms with Crippen LogP contribution in [0, 0.1) is 6.92 Å². The number of hydrogen-bond donors (Lipinski definition) is 1. The Morgan fingerprint density at radius 2 is 2.05 bits per heavy atom. The van der Waals surface area contributed by atoms with Gasteiger partial charge in [0.05, 0.1) is 25.1 Å². The maximum Gasteiger partial charge on any atom is 0.331 e. The van der Waals surface area contributed by atoms with E-state index in [4.69, 9.17) is 4.74 Å². The highest BCUT2D eigenvalue weighted by molar-refractivity contribution is 7.18. The van der Waals surface area contributed by atoms with Crippen molar-refractivity contribution in [1.82, 2.24) is 9.13 Å². The van der Waals surface area contributed by atoms with Crippen molar-refractivity contribution >= 4 is 21.6 Å². The van der Waals surface area contributed by atoms with Crippen LogP contribution in [0.2, 0.25) is 0 Å². The van der Waals surface area contributed by atoms with Crippen LogP contribution in [0.5, 0.6) is 0 Å². The Morgan fingerprint density at radius 3 is 2.63 bits per heavy atom. The van der Waals surface area contributed by atoms with Gasteiger partial charge in [0, 0.05) is 19.0 Å². The Labute approximate surface area is 113 Å². The first kappa shape index (κ1) is 14.0. The summed E-state index contributed by atoms with van der Waals surface area (Å²) in [5, 5.41) is 9.81. The summed E-state index contributed by atoms with van der Waals surface area (Å²) in [4.78, 5) is 25.6.